The van der Waals surface area contributed by atoms with Crippen LogP contribution in [0.25, 0.3) is 0 Å². The van der Waals surface area contributed by atoms with E-state index in [0.717, 1.165) is 0 Å². The Kier molecular flexibility index (Phi) is 6.64. The highest BCUT2D eigenvalue weighted by Crippen LogP contribution is 2.20. The number of nitrogens with one attached hydrogen (secondary N) is 2. The molecule has 9 heteroatoms. The smallest absolute Gasteiger partial charge is 0.387 e. The third-order valence-electron chi connectivity index (χ3n) is 3.48. The Bertz CT molecular complexity index is 826. The number of alkyl halides is 2. The lowest BCUT2D eigenvalue weighted by molar-refractivity contribution is -0.0498. The molecule has 0 saturated carbocycles. The Morgan fingerprint density at radius 3 is 2.37 bits per heavy atom. The molecule has 2 rings (SSSR count). The summed E-state index contributed by atoms with van der Waals surface area (Å²) >= 11 is 0. The highest BCUT2D eigenvalue weighted by atomic mass is 19.3. The van der Waals surface area contributed by atoms with Gasteiger partial charge in [0.2, 0.25) is 0 Å². The maximum absolute atomic E-state index is 12.2. The van der Waals surface area contributed by atoms with Crippen LogP contribution in [0.3, 0.4) is 0 Å². The van der Waals surface area contributed by atoms with Gasteiger partial charge in [0.25, 0.3) is 0 Å². The van der Waals surface area contributed by atoms with Crippen LogP contribution in [-0.2, 0) is 4.74 Å². The minimum Gasteiger partial charge on any atom is -0.462 e. The lowest BCUT2D eigenvalue weighted by atomic mass is 10.1. The van der Waals surface area contributed by atoms with E-state index in [9.17, 15) is 18.4 Å². The first kappa shape index (κ1) is 20.1. The zero-order chi connectivity index (χ0) is 20.0. The van der Waals surface area contributed by atoms with Crippen LogP contribution in [0.1, 0.15) is 28.7 Å². The number of benzene rings is 1. The maximum Gasteiger partial charge on any atom is 0.387 e. The third-order valence-corrected chi connectivity index (χ3v) is 3.48. The molecule has 0 saturated heterocycles. The second kappa shape index (κ2) is 8.93. The van der Waals surface area contributed by atoms with E-state index < -0.39 is 18.6 Å². The highest BCUT2D eigenvalue weighted by molar-refractivity contribution is 6.01. The van der Waals surface area contributed by atoms with Gasteiger partial charge in [0.15, 0.2) is 0 Å². The fourth-order valence-corrected chi connectivity index (χ4v) is 2.27. The maximum atomic E-state index is 12.2. The number of hydrogen-bond acceptors (Lipinski definition) is 5. The predicted octanol–water partition coefficient (Wildman–Crippen LogP) is 4.12. The summed E-state index contributed by atoms with van der Waals surface area (Å²) in [6.07, 6.45) is 0. The molecule has 2 amide bonds. The van der Waals surface area contributed by atoms with Gasteiger partial charge in [-0.1, -0.05) is 0 Å². The molecule has 0 fully saturated rings. The molecule has 0 spiro atoms. The number of carbonyl (C=O) groups excluding carboxylic acids is 2. The molecule has 0 aliphatic heterocycles. The zero-order valence-corrected chi connectivity index (χ0v) is 15.0. The van der Waals surface area contributed by atoms with Crippen LogP contribution in [-0.4, -0.2) is 30.2 Å². The number of rotatable bonds is 6. The Morgan fingerprint density at radius 2 is 1.78 bits per heavy atom. The Morgan fingerprint density at radius 1 is 1.11 bits per heavy atom. The van der Waals surface area contributed by atoms with E-state index in [0.29, 0.717) is 22.8 Å². The topological polar surface area (TPSA) is 89.5 Å². The quantitative estimate of drug-likeness (QED) is 0.737. The molecule has 1 aromatic carbocycles. The van der Waals surface area contributed by atoms with Gasteiger partial charge < -0.3 is 20.1 Å². The van der Waals surface area contributed by atoms with Gasteiger partial charge in [-0.2, -0.15) is 8.78 Å². The van der Waals surface area contributed by atoms with Gasteiger partial charge in [0.1, 0.15) is 5.75 Å². The minimum absolute atomic E-state index is 0.0198. The molecule has 2 N–H and O–H groups in total. The second-order valence-electron chi connectivity index (χ2n) is 5.46. The van der Waals surface area contributed by atoms with Gasteiger partial charge >= 0.3 is 18.6 Å². The number of urea groups is 1. The van der Waals surface area contributed by atoms with E-state index >= 15 is 0 Å². The number of pyridine rings is 1. The van der Waals surface area contributed by atoms with E-state index in [1.165, 1.54) is 30.3 Å². The number of nitrogens with zero attached hydrogens (tertiary/aromatic N) is 1. The summed E-state index contributed by atoms with van der Waals surface area (Å²) in [5.41, 5.74) is 1.99. The van der Waals surface area contributed by atoms with Crippen molar-refractivity contribution in [2.45, 2.75) is 27.4 Å². The van der Waals surface area contributed by atoms with Crippen molar-refractivity contribution in [1.29, 1.82) is 0 Å². The van der Waals surface area contributed by atoms with Crippen LogP contribution in [0.15, 0.2) is 30.3 Å². The van der Waals surface area contributed by atoms with Crippen molar-refractivity contribution in [3.63, 3.8) is 0 Å². The summed E-state index contributed by atoms with van der Waals surface area (Å²) in [5.74, 6) is -0.547. The van der Waals surface area contributed by atoms with Gasteiger partial charge in [-0.3, -0.25) is 4.98 Å². The van der Waals surface area contributed by atoms with E-state index in [1.807, 2.05) is 0 Å². The molecule has 1 heterocycles. The Labute approximate surface area is 154 Å². The second-order valence-corrected chi connectivity index (χ2v) is 5.46. The number of aromatic nitrogens is 1. The average Bonchev–Trinajstić information content (AvgIpc) is 2.58. The molecule has 0 aliphatic carbocycles. The van der Waals surface area contributed by atoms with Crippen molar-refractivity contribution in [3.8, 4) is 5.75 Å². The molecule has 144 valence electrons. The van der Waals surface area contributed by atoms with E-state index in [-0.39, 0.29) is 17.9 Å². The van der Waals surface area contributed by atoms with Crippen molar-refractivity contribution in [3.05, 3.63) is 47.3 Å². The van der Waals surface area contributed by atoms with Crippen LogP contribution in [0.2, 0.25) is 0 Å². The van der Waals surface area contributed by atoms with Crippen molar-refractivity contribution >= 4 is 23.4 Å². The molecule has 0 unspecified atom stereocenters. The van der Waals surface area contributed by atoms with Crippen molar-refractivity contribution in [2.75, 3.05) is 17.2 Å². The third kappa shape index (κ3) is 5.63. The number of carbonyl (C=O) groups is 2. The molecule has 0 aliphatic rings. The molecule has 0 atom stereocenters. The summed E-state index contributed by atoms with van der Waals surface area (Å²) in [4.78, 5) is 28.4. The summed E-state index contributed by atoms with van der Waals surface area (Å²) < 4.78 is 33.5. The van der Waals surface area contributed by atoms with Gasteiger partial charge in [0, 0.05) is 5.69 Å². The SMILES string of the molecule is CCOC(=O)c1cc(NC(=O)Nc2ccc(OC(F)F)cc2)c(C)nc1C. The van der Waals surface area contributed by atoms with Gasteiger partial charge in [-0.25, -0.2) is 9.59 Å². The molecular formula is C18H19F2N3O4. The summed E-state index contributed by atoms with van der Waals surface area (Å²) in [6.45, 7) is 2.36. The van der Waals surface area contributed by atoms with E-state index in [4.69, 9.17) is 4.74 Å². The van der Waals surface area contributed by atoms with Gasteiger partial charge in [0.05, 0.1) is 29.2 Å². The minimum atomic E-state index is -2.92. The van der Waals surface area contributed by atoms with Crippen molar-refractivity contribution in [1.82, 2.24) is 4.98 Å². The van der Waals surface area contributed by atoms with Crippen LogP contribution >= 0.6 is 0 Å². The Balaban J connectivity index is 2.08. The molecule has 0 bridgehead atoms. The fraction of sp³-hybridized carbons (Fsp3) is 0.278. The number of ether oxygens (including phenoxy) is 2. The number of anilines is 2. The summed E-state index contributed by atoms with van der Waals surface area (Å²) in [5, 5.41) is 5.15. The number of esters is 1. The first-order valence-electron chi connectivity index (χ1n) is 8.08. The normalized spacial score (nSPS) is 10.4. The highest BCUT2D eigenvalue weighted by Gasteiger charge is 2.15. The van der Waals surface area contributed by atoms with Gasteiger partial charge in [-0.15, -0.1) is 0 Å². The van der Waals surface area contributed by atoms with Crippen LogP contribution < -0.4 is 15.4 Å². The summed E-state index contributed by atoms with van der Waals surface area (Å²) in [7, 11) is 0. The number of halogens is 2. The first-order valence-corrected chi connectivity index (χ1v) is 8.08. The lowest BCUT2D eigenvalue weighted by Gasteiger charge is -2.13. The monoisotopic (exact) mass is 379 g/mol. The standard InChI is InChI=1S/C18H19F2N3O4/c1-4-26-16(24)14-9-15(11(3)21-10(14)2)23-18(25)22-12-5-7-13(8-6-12)27-17(19)20/h5-9,17H,4H2,1-3H3,(H2,22,23,25). The van der Waals surface area contributed by atoms with Crippen molar-refractivity contribution < 1.29 is 27.8 Å². The molecule has 0 radical (unpaired) electrons. The molecule has 2 aromatic rings. The lowest BCUT2D eigenvalue weighted by Crippen LogP contribution is -2.21. The number of hydrogen-bond donors (Lipinski definition) is 2. The predicted molar refractivity (Wildman–Crippen MR) is 95.4 cm³/mol. The fourth-order valence-electron chi connectivity index (χ4n) is 2.27. The van der Waals surface area contributed by atoms with E-state index in [2.05, 4.69) is 20.4 Å². The number of amides is 2. The average molecular weight is 379 g/mol. The van der Waals surface area contributed by atoms with Crippen LogP contribution in [0, 0.1) is 13.8 Å². The number of aryl methyl sites for hydroxylation is 2. The molecule has 1 aromatic heterocycles. The molecular weight excluding hydrogens is 360 g/mol. The zero-order valence-electron chi connectivity index (χ0n) is 15.0. The van der Waals surface area contributed by atoms with Crippen molar-refractivity contribution in [2.24, 2.45) is 0 Å². The van der Waals surface area contributed by atoms with E-state index in [1.54, 1.807) is 20.8 Å². The summed E-state index contributed by atoms with van der Waals surface area (Å²) in [6, 6.07) is 6.36. The molecule has 27 heavy (non-hydrogen) atoms. The van der Waals surface area contributed by atoms with Gasteiger partial charge in [-0.05, 0) is 51.1 Å². The molecule has 7 nitrogen and oxygen atoms in total. The largest absolute Gasteiger partial charge is 0.462 e. The van der Waals surface area contributed by atoms with Crippen LogP contribution in [0.5, 0.6) is 5.75 Å². The van der Waals surface area contributed by atoms with Crippen LogP contribution in [0.4, 0.5) is 25.0 Å². The first-order chi connectivity index (χ1) is 12.8. The Hall–Kier alpha value is -3.23.